The Morgan fingerprint density at radius 1 is 1.27 bits per heavy atom. The van der Waals surface area contributed by atoms with Crippen molar-refractivity contribution in [3.63, 3.8) is 0 Å². The van der Waals surface area contributed by atoms with Gasteiger partial charge in [0.25, 0.3) is 0 Å². The summed E-state index contributed by atoms with van der Waals surface area (Å²) in [6, 6.07) is 0.343. The highest BCUT2D eigenvalue weighted by atomic mass is 16.6. The molecule has 2 aliphatic heterocycles. The van der Waals surface area contributed by atoms with E-state index in [2.05, 4.69) is 10.6 Å². The second-order valence-corrected chi connectivity index (χ2v) is 7.66. The summed E-state index contributed by atoms with van der Waals surface area (Å²) in [6.07, 6.45) is 5.64. The van der Waals surface area contributed by atoms with Crippen molar-refractivity contribution in [3.8, 4) is 0 Å². The number of rotatable bonds is 5. The Kier molecular flexibility index (Phi) is 6.50. The van der Waals surface area contributed by atoms with Gasteiger partial charge in [-0.2, -0.15) is 0 Å². The molecule has 0 spiro atoms. The van der Waals surface area contributed by atoms with E-state index >= 15 is 0 Å². The normalized spacial score (nSPS) is 23.8. The van der Waals surface area contributed by atoms with E-state index in [0.29, 0.717) is 6.04 Å². The lowest BCUT2D eigenvalue weighted by Crippen LogP contribution is -2.41. The van der Waals surface area contributed by atoms with Crippen molar-refractivity contribution in [2.45, 2.75) is 64.5 Å². The lowest BCUT2D eigenvalue weighted by atomic mass is 9.98. The highest BCUT2D eigenvalue weighted by Gasteiger charge is 2.31. The van der Waals surface area contributed by atoms with E-state index in [1.54, 1.807) is 0 Å². The molecule has 0 aromatic rings. The smallest absolute Gasteiger partial charge is 0.410 e. The third-order valence-electron chi connectivity index (χ3n) is 4.55. The molecule has 0 bridgehead atoms. The average Bonchev–Trinajstić information content (AvgIpc) is 2.91. The zero-order valence-electron chi connectivity index (χ0n) is 14.5. The number of likely N-dealkylation sites (tertiary alicyclic amines) is 1. The minimum atomic E-state index is -0.405. The molecule has 0 aliphatic carbocycles. The summed E-state index contributed by atoms with van der Waals surface area (Å²) in [4.78, 5) is 14.2. The minimum absolute atomic E-state index is 0.145. The van der Waals surface area contributed by atoms with E-state index in [0.717, 1.165) is 57.9 Å². The van der Waals surface area contributed by atoms with Crippen molar-refractivity contribution in [2.24, 2.45) is 5.92 Å². The molecule has 128 valence electrons. The van der Waals surface area contributed by atoms with E-state index in [1.807, 2.05) is 25.7 Å². The third kappa shape index (κ3) is 5.76. The number of amides is 1. The number of nitrogens with zero attached hydrogens (tertiary/aromatic N) is 1. The Labute approximate surface area is 135 Å². The largest absolute Gasteiger partial charge is 0.444 e. The fraction of sp³-hybridized carbons (Fsp3) is 0.941. The van der Waals surface area contributed by atoms with Gasteiger partial charge in [0.15, 0.2) is 0 Å². The molecule has 2 fully saturated rings. The van der Waals surface area contributed by atoms with Gasteiger partial charge in [-0.3, -0.25) is 0 Å². The highest BCUT2D eigenvalue weighted by Crippen LogP contribution is 2.22. The van der Waals surface area contributed by atoms with Gasteiger partial charge in [-0.15, -0.1) is 0 Å². The number of piperidine rings is 1. The predicted molar refractivity (Wildman–Crippen MR) is 89.0 cm³/mol. The van der Waals surface area contributed by atoms with Crippen LogP contribution < -0.4 is 10.6 Å². The molecule has 1 unspecified atom stereocenters. The predicted octanol–water partition coefficient (Wildman–Crippen LogP) is 2.37. The first kappa shape index (κ1) is 17.5. The molecule has 0 aromatic heterocycles. The lowest BCUT2D eigenvalue weighted by Gasteiger charge is -2.29. The van der Waals surface area contributed by atoms with Gasteiger partial charge in [0.05, 0.1) is 0 Å². The van der Waals surface area contributed by atoms with Gasteiger partial charge >= 0.3 is 6.09 Å². The van der Waals surface area contributed by atoms with Crippen LogP contribution in [0.15, 0.2) is 0 Å². The van der Waals surface area contributed by atoms with Gasteiger partial charge < -0.3 is 20.3 Å². The zero-order valence-corrected chi connectivity index (χ0v) is 14.5. The fourth-order valence-electron chi connectivity index (χ4n) is 3.36. The molecule has 1 amide bonds. The van der Waals surface area contributed by atoms with E-state index < -0.39 is 5.60 Å². The molecule has 2 aliphatic rings. The molecule has 2 N–H and O–H groups in total. The molecule has 2 saturated heterocycles. The molecule has 1 atom stereocenters. The second-order valence-electron chi connectivity index (χ2n) is 7.66. The van der Waals surface area contributed by atoms with Crippen LogP contribution >= 0.6 is 0 Å². The molecule has 0 saturated carbocycles. The summed E-state index contributed by atoms with van der Waals surface area (Å²) in [6.45, 7) is 11.0. The Morgan fingerprint density at radius 3 is 2.68 bits per heavy atom. The standard InChI is InChI=1S/C17H33N3O2/c1-17(2,3)22-16(21)20-12-4-5-15(20)8-11-19-13-14-6-9-18-10-7-14/h14-15,18-19H,4-13H2,1-3H3. The quantitative estimate of drug-likeness (QED) is 0.765. The van der Waals surface area contributed by atoms with Gasteiger partial charge in [-0.1, -0.05) is 0 Å². The lowest BCUT2D eigenvalue weighted by molar-refractivity contribution is 0.0220. The van der Waals surface area contributed by atoms with E-state index in [4.69, 9.17) is 4.74 Å². The summed E-state index contributed by atoms with van der Waals surface area (Å²) in [5.74, 6) is 0.812. The van der Waals surface area contributed by atoms with Crippen LogP contribution in [0, 0.1) is 5.92 Å². The van der Waals surface area contributed by atoms with Crippen LogP contribution in [0.2, 0.25) is 0 Å². The Morgan fingerprint density at radius 2 is 2.00 bits per heavy atom. The van der Waals surface area contributed by atoms with Crippen LogP contribution in [0.4, 0.5) is 4.79 Å². The molecular formula is C17H33N3O2. The summed E-state index contributed by atoms with van der Waals surface area (Å²) in [5, 5.41) is 6.98. The zero-order chi connectivity index (χ0) is 16.0. The maximum absolute atomic E-state index is 12.2. The van der Waals surface area contributed by atoms with Gasteiger partial charge in [-0.25, -0.2) is 4.79 Å². The molecule has 0 aromatic carbocycles. The molecule has 2 heterocycles. The number of nitrogens with one attached hydrogen (secondary N) is 2. The summed E-state index contributed by atoms with van der Waals surface area (Å²) >= 11 is 0. The maximum Gasteiger partial charge on any atom is 0.410 e. The van der Waals surface area contributed by atoms with Gasteiger partial charge in [0.2, 0.25) is 0 Å². The van der Waals surface area contributed by atoms with Crippen LogP contribution in [-0.2, 0) is 4.74 Å². The first-order valence-electron chi connectivity index (χ1n) is 8.87. The number of ether oxygens (including phenoxy) is 1. The average molecular weight is 311 g/mol. The Bertz CT molecular complexity index is 348. The van der Waals surface area contributed by atoms with Gasteiger partial charge in [-0.05, 0) is 85.0 Å². The number of carbonyl (C=O) groups is 1. The van der Waals surface area contributed by atoms with E-state index in [-0.39, 0.29) is 6.09 Å². The van der Waals surface area contributed by atoms with E-state index in [9.17, 15) is 4.79 Å². The number of carbonyl (C=O) groups excluding carboxylic acids is 1. The van der Waals surface area contributed by atoms with Crippen LogP contribution in [0.3, 0.4) is 0 Å². The van der Waals surface area contributed by atoms with Gasteiger partial charge in [0.1, 0.15) is 5.60 Å². The fourth-order valence-corrected chi connectivity index (χ4v) is 3.36. The molecule has 0 radical (unpaired) electrons. The van der Waals surface area contributed by atoms with E-state index in [1.165, 1.54) is 12.8 Å². The van der Waals surface area contributed by atoms with Crippen molar-refractivity contribution in [3.05, 3.63) is 0 Å². The summed E-state index contributed by atoms with van der Waals surface area (Å²) in [7, 11) is 0. The summed E-state index contributed by atoms with van der Waals surface area (Å²) < 4.78 is 5.51. The van der Waals surface area contributed by atoms with Crippen LogP contribution in [0.25, 0.3) is 0 Å². The van der Waals surface area contributed by atoms with Crippen molar-refractivity contribution in [1.29, 1.82) is 0 Å². The van der Waals surface area contributed by atoms with Crippen molar-refractivity contribution in [2.75, 3.05) is 32.7 Å². The summed E-state index contributed by atoms with van der Waals surface area (Å²) in [5.41, 5.74) is -0.405. The van der Waals surface area contributed by atoms with Crippen molar-refractivity contribution in [1.82, 2.24) is 15.5 Å². The van der Waals surface area contributed by atoms with Gasteiger partial charge in [0, 0.05) is 12.6 Å². The topological polar surface area (TPSA) is 53.6 Å². The third-order valence-corrected chi connectivity index (χ3v) is 4.55. The highest BCUT2D eigenvalue weighted by molar-refractivity contribution is 5.68. The first-order valence-corrected chi connectivity index (χ1v) is 8.87. The maximum atomic E-state index is 12.2. The minimum Gasteiger partial charge on any atom is -0.444 e. The molecular weight excluding hydrogens is 278 g/mol. The first-order chi connectivity index (χ1) is 10.5. The second kappa shape index (κ2) is 8.16. The van der Waals surface area contributed by atoms with Crippen molar-refractivity contribution < 1.29 is 9.53 Å². The van der Waals surface area contributed by atoms with Crippen LogP contribution in [0.1, 0.15) is 52.9 Å². The number of hydrogen-bond acceptors (Lipinski definition) is 4. The molecule has 2 rings (SSSR count). The Hall–Kier alpha value is -0.810. The molecule has 5 nitrogen and oxygen atoms in total. The van der Waals surface area contributed by atoms with Crippen LogP contribution in [-0.4, -0.2) is 55.4 Å². The molecule has 5 heteroatoms. The SMILES string of the molecule is CC(C)(C)OC(=O)N1CCCC1CCNCC1CCNCC1. The molecule has 22 heavy (non-hydrogen) atoms. The monoisotopic (exact) mass is 311 g/mol. The Balaban J connectivity index is 1.66. The number of hydrogen-bond donors (Lipinski definition) is 2. The van der Waals surface area contributed by atoms with Crippen molar-refractivity contribution >= 4 is 6.09 Å². The van der Waals surface area contributed by atoms with Crippen LogP contribution in [0.5, 0.6) is 0 Å².